The van der Waals surface area contributed by atoms with Gasteiger partial charge in [-0.25, -0.2) is 0 Å². The lowest BCUT2D eigenvalue weighted by Gasteiger charge is -2.26. The summed E-state index contributed by atoms with van der Waals surface area (Å²) >= 11 is 0. The van der Waals surface area contributed by atoms with Crippen molar-refractivity contribution >= 4 is 17.3 Å². The predicted molar refractivity (Wildman–Crippen MR) is 81.1 cm³/mol. The van der Waals surface area contributed by atoms with Crippen LogP contribution in [0.3, 0.4) is 0 Å². The van der Waals surface area contributed by atoms with E-state index in [0.29, 0.717) is 11.8 Å². The zero-order valence-corrected chi connectivity index (χ0v) is 12.2. The standard InChI is InChI=1S/C16H13F3N2O3/c17-16(18,19)9-5-10(7-11(22)6-9)21-15(23)14-8-20-12-3-1-2-4-13(12)24-14/h1-7,14,20,22H,8H2,(H,21,23). The number of para-hydroxylation sites is 2. The Bertz CT molecular complexity index is 777. The highest BCUT2D eigenvalue weighted by Gasteiger charge is 2.32. The number of carbonyl (C=O) groups excluding carboxylic acids is 1. The highest BCUT2D eigenvalue weighted by molar-refractivity contribution is 5.95. The van der Waals surface area contributed by atoms with Crippen molar-refractivity contribution in [2.45, 2.75) is 12.3 Å². The van der Waals surface area contributed by atoms with E-state index in [0.717, 1.165) is 17.8 Å². The Morgan fingerprint density at radius 2 is 2.00 bits per heavy atom. The number of alkyl halides is 3. The van der Waals surface area contributed by atoms with Gasteiger partial charge in [0.05, 0.1) is 17.8 Å². The molecule has 1 aliphatic heterocycles. The fourth-order valence-electron chi connectivity index (χ4n) is 2.33. The molecular weight excluding hydrogens is 325 g/mol. The molecule has 2 aromatic rings. The van der Waals surface area contributed by atoms with Crippen LogP contribution in [0.2, 0.25) is 0 Å². The van der Waals surface area contributed by atoms with Crippen molar-refractivity contribution < 1.29 is 27.8 Å². The molecule has 5 nitrogen and oxygen atoms in total. The molecule has 1 aliphatic rings. The van der Waals surface area contributed by atoms with Crippen LogP contribution in [0.4, 0.5) is 24.5 Å². The Morgan fingerprint density at radius 1 is 1.25 bits per heavy atom. The van der Waals surface area contributed by atoms with Crippen LogP contribution in [0, 0.1) is 0 Å². The molecule has 1 heterocycles. The second-order valence-electron chi connectivity index (χ2n) is 5.24. The third kappa shape index (κ3) is 3.37. The second-order valence-corrected chi connectivity index (χ2v) is 5.24. The highest BCUT2D eigenvalue weighted by atomic mass is 19.4. The molecule has 0 radical (unpaired) electrons. The smallest absolute Gasteiger partial charge is 0.416 e. The van der Waals surface area contributed by atoms with Crippen LogP contribution in [0.5, 0.6) is 11.5 Å². The normalized spacial score (nSPS) is 16.5. The molecule has 3 rings (SSSR count). The summed E-state index contributed by atoms with van der Waals surface area (Å²) in [6.07, 6.45) is -5.53. The van der Waals surface area contributed by atoms with E-state index in [9.17, 15) is 23.1 Å². The summed E-state index contributed by atoms with van der Waals surface area (Å²) in [5.41, 5.74) is -0.473. The van der Waals surface area contributed by atoms with Crippen LogP contribution in [0.1, 0.15) is 5.56 Å². The minimum atomic E-state index is -4.62. The minimum absolute atomic E-state index is 0.158. The van der Waals surface area contributed by atoms with Gasteiger partial charge in [-0.3, -0.25) is 4.79 Å². The molecule has 0 saturated carbocycles. The number of halogens is 3. The Kier molecular flexibility index (Phi) is 3.96. The predicted octanol–water partition coefficient (Wildman–Crippen LogP) is 3.22. The Balaban J connectivity index is 1.75. The monoisotopic (exact) mass is 338 g/mol. The molecule has 0 aromatic heterocycles. The molecular formula is C16H13F3N2O3. The highest BCUT2D eigenvalue weighted by Crippen LogP contribution is 2.34. The van der Waals surface area contributed by atoms with Crippen LogP contribution >= 0.6 is 0 Å². The number of amides is 1. The van der Waals surface area contributed by atoms with Crippen LogP contribution < -0.4 is 15.4 Å². The first-order chi connectivity index (χ1) is 11.3. The molecule has 0 spiro atoms. The number of fused-ring (bicyclic) bond motifs is 1. The van der Waals surface area contributed by atoms with Gasteiger partial charge in [0, 0.05) is 11.8 Å². The van der Waals surface area contributed by atoms with E-state index in [1.807, 2.05) is 0 Å². The van der Waals surface area contributed by atoms with Gasteiger partial charge in [-0.1, -0.05) is 12.1 Å². The zero-order chi connectivity index (χ0) is 17.3. The number of ether oxygens (including phenoxy) is 1. The van der Waals surface area contributed by atoms with Crippen molar-refractivity contribution in [2.24, 2.45) is 0 Å². The fraction of sp³-hybridized carbons (Fsp3) is 0.188. The number of anilines is 2. The van der Waals surface area contributed by atoms with Crippen molar-refractivity contribution in [1.82, 2.24) is 0 Å². The summed E-state index contributed by atoms with van der Waals surface area (Å²) < 4.78 is 43.8. The van der Waals surface area contributed by atoms with Crippen LogP contribution in [0.15, 0.2) is 42.5 Å². The van der Waals surface area contributed by atoms with Gasteiger partial charge < -0.3 is 20.5 Å². The number of hydrogen-bond donors (Lipinski definition) is 3. The lowest BCUT2D eigenvalue weighted by Crippen LogP contribution is -2.41. The maximum absolute atomic E-state index is 12.7. The molecule has 2 aromatic carbocycles. The summed E-state index contributed by atoms with van der Waals surface area (Å²) in [6, 6.07) is 9.39. The number of nitrogens with one attached hydrogen (secondary N) is 2. The van der Waals surface area contributed by atoms with Gasteiger partial charge in [0.25, 0.3) is 5.91 Å². The first-order valence-electron chi connectivity index (χ1n) is 7.04. The molecule has 0 saturated heterocycles. The largest absolute Gasteiger partial charge is 0.508 e. The van der Waals surface area contributed by atoms with Gasteiger partial charge in [-0.15, -0.1) is 0 Å². The number of carbonyl (C=O) groups is 1. The van der Waals surface area contributed by atoms with Crippen molar-refractivity contribution in [3.63, 3.8) is 0 Å². The average molecular weight is 338 g/mol. The van der Waals surface area contributed by atoms with Crippen molar-refractivity contribution in [3.05, 3.63) is 48.0 Å². The third-order valence-corrected chi connectivity index (χ3v) is 3.44. The summed E-state index contributed by atoms with van der Waals surface area (Å²) in [5.74, 6) is -0.723. The van der Waals surface area contributed by atoms with Gasteiger partial charge in [0.15, 0.2) is 6.10 Å². The number of phenols is 1. The Hall–Kier alpha value is -2.90. The fourth-order valence-corrected chi connectivity index (χ4v) is 2.33. The molecule has 8 heteroatoms. The van der Waals surface area contributed by atoms with Crippen LogP contribution in [-0.4, -0.2) is 23.7 Å². The molecule has 1 atom stereocenters. The summed E-state index contributed by atoms with van der Waals surface area (Å²) in [5, 5.41) is 14.8. The molecule has 3 N–H and O–H groups in total. The number of hydrogen-bond acceptors (Lipinski definition) is 4. The zero-order valence-electron chi connectivity index (χ0n) is 12.2. The van der Waals surface area contributed by atoms with Crippen molar-refractivity contribution in [3.8, 4) is 11.5 Å². The van der Waals surface area contributed by atoms with E-state index in [2.05, 4.69) is 10.6 Å². The van der Waals surface area contributed by atoms with E-state index in [1.54, 1.807) is 24.3 Å². The average Bonchev–Trinajstić information content (AvgIpc) is 2.53. The molecule has 24 heavy (non-hydrogen) atoms. The molecule has 1 unspecified atom stereocenters. The molecule has 126 valence electrons. The quantitative estimate of drug-likeness (QED) is 0.786. The van der Waals surface area contributed by atoms with Crippen molar-refractivity contribution in [2.75, 3.05) is 17.2 Å². The Morgan fingerprint density at radius 3 is 2.75 bits per heavy atom. The summed E-state index contributed by atoms with van der Waals surface area (Å²) in [7, 11) is 0. The lowest BCUT2D eigenvalue weighted by molar-refractivity contribution is -0.137. The molecule has 1 amide bonds. The second kappa shape index (κ2) is 5.95. The van der Waals surface area contributed by atoms with Gasteiger partial charge in [0.1, 0.15) is 11.5 Å². The number of rotatable bonds is 2. The molecule has 0 aliphatic carbocycles. The minimum Gasteiger partial charge on any atom is -0.508 e. The number of phenolic OH excluding ortho intramolecular Hbond substituents is 1. The SMILES string of the molecule is O=C(Nc1cc(O)cc(C(F)(F)F)c1)C1CNc2ccccc2O1. The third-order valence-electron chi connectivity index (χ3n) is 3.44. The van der Waals surface area contributed by atoms with E-state index in [-0.39, 0.29) is 12.2 Å². The van der Waals surface area contributed by atoms with Crippen LogP contribution in [-0.2, 0) is 11.0 Å². The van der Waals surface area contributed by atoms with Gasteiger partial charge in [0.2, 0.25) is 0 Å². The number of benzene rings is 2. The van der Waals surface area contributed by atoms with Crippen LogP contribution in [0.25, 0.3) is 0 Å². The first kappa shape index (κ1) is 16.0. The number of aromatic hydroxyl groups is 1. The maximum atomic E-state index is 12.7. The van der Waals surface area contributed by atoms with E-state index in [1.165, 1.54) is 0 Å². The van der Waals surface area contributed by atoms with E-state index < -0.39 is 29.5 Å². The topological polar surface area (TPSA) is 70.6 Å². The summed E-state index contributed by atoms with van der Waals surface area (Å²) in [4.78, 5) is 12.2. The van der Waals surface area contributed by atoms with Crippen molar-refractivity contribution in [1.29, 1.82) is 0 Å². The van der Waals surface area contributed by atoms with Gasteiger partial charge in [-0.05, 0) is 24.3 Å². The van der Waals surface area contributed by atoms with E-state index in [4.69, 9.17) is 4.74 Å². The molecule has 0 fully saturated rings. The maximum Gasteiger partial charge on any atom is 0.416 e. The lowest BCUT2D eigenvalue weighted by atomic mass is 10.1. The molecule has 0 bridgehead atoms. The van der Waals surface area contributed by atoms with Gasteiger partial charge >= 0.3 is 6.18 Å². The van der Waals surface area contributed by atoms with E-state index >= 15 is 0 Å². The first-order valence-corrected chi connectivity index (χ1v) is 7.04. The van der Waals surface area contributed by atoms with Gasteiger partial charge in [-0.2, -0.15) is 13.2 Å². The summed E-state index contributed by atoms with van der Waals surface area (Å²) in [6.45, 7) is 0.174. The Labute approximate surface area is 135 Å².